The Labute approximate surface area is 95.1 Å². The zero-order valence-corrected chi connectivity index (χ0v) is 10.8. The molecule has 1 spiro atoms. The summed E-state index contributed by atoms with van der Waals surface area (Å²) in [5.41, 5.74) is 2.26. The Morgan fingerprint density at radius 1 is 1.33 bits per heavy atom. The summed E-state index contributed by atoms with van der Waals surface area (Å²) < 4.78 is 0. The third-order valence-electron chi connectivity index (χ3n) is 5.08. The fraction of sp³-hybridized carbons (Fsp3) is 0.800. The fourth-order valence-electron chi connectivity index (χ4n) is 3.96. The van der Waals surface area contributed by atoms with Crippen LogP contribution in [0.1, 0.15) is 59.8 Å². The zero-order chi connectivity index (χ0) is 11.1. The second kappa shape index (κ2) is 3.88. The highest BCUT2D eigenvalue weighted by Crippen LogP contribution is 2.58. The molecule has 1 unspecified atom stereocenters. The minimum Gasteiger partial charge on any atom is -0.0849 e. The largest absolute Gasteiger partial charge is 0.106 e. The summed E-state index contributed by atoms with van der Waals surface area (Å²) in [4.78, 5) is 0. The summed E-state index contributed by atoms with van der Waals surface area (Å²) in [5, 5.41) is 0. The lowest BCUT2D eigenvalue weighted by molar-refractivity contribution is 0.130. The lowest BCUT2D eigenvalue weighted by Gasteiger charge is -2.39. The Hall–Kier alpha value is -0.390. The van der Waals surface area contributed by atoms with E-state index in [4.69, 9.17) is 0 Å². The topological polar surface area (TPSA) is 0 Å². The van der Waals surface area contributed by atoms with Crippen molar-refractivity contribution in [1.29, 1.82) is 0 Å². The lowest BCUT2D eigenvalue weighted by Crippen LogP contribution is -2.34. The molecule has 0 saturated heterocycles. The molecule has 0 heteroatoms. The van der Waals surface area contributed by atoms with Crippen LogP contribution < -0.4 is 0 Å². The van der Waals surface area contributed by atoms with Gasteiger partial charge in [0.05, 0.1) is 19.8 Å². The molecule has 0 radical (unpaired) electrons. The van der Waals surface area contributed by atoms with Gasteiger partial charge in [0.2, 0.25) is 0 Å². The highest BCUT2D eigenvalue weighted by molar-refractivity contribution is 5.15. The second-order valence-electron chi connectivity index (χ2n) is 6.10. The molecule has 0 N–H and O–H groups in total. The average molecular weight is 205 g/mol. The first kappa shape index (κ1) is 11.1. The van der Waals surface area contributed by atoms with Gasteiger partial charge >= 0.3 is 0 Å². The number of allylic oxidation sites excluding steroid dienone is 2. The quantitative estimate of drug-likeness (QED) is 0.427. The third-order valence-corrected chi connectivity index (χ3v) is 5.08. The highest BCUT2D eigenvalue weighted by Gasteiger charge is 2.53. The smallest absolute Gasteiger partial charge is 0.0849 e. The zero-order valence-electron chi connectivity index (χ0n) is 10.8. The van der Waals surface area contributed by atoms with Gasteiger partial charge in [-0.25, -0.2) is 0 Å². The fourth-order valence-corrected chi connectivity index (χ4v) is 3.96. The second-order valence-corrected chi connectivity index (χ2v) is 6.10. The van der Waals surface area contributed by atoms with Gasteiger partial charge in [-0.1, -0.05) is 18.6 Å². The van der Waals surface area contributed by atoms with Crippen molar-refractivity contribution in [3.63, 3.8) is 0 Å². The molecule has 1 saturated carbocycles. The molecule has 0 amide bonds. The van der Waals surface area contributed by atoms with Gasteiger partial charge in [0.1, 0.15) is 5.92 Å². The number of rotatable bonds is 1. The van der Waals surface area contributed by atoms with Crippen molar-refractivity contribution >= 4 is 0 Å². The molecular weight excluding hydrogens is 180 g/mol. The van der Waals surface area contributed by atoms with E-state index in [9.17, 15) is 0 Å². The molecule has 2 aliphatic carbocycles. The summed E-state index contributed by atoms with van der Waals surface area (Å²) in [6.07, 6.45) is 9.52. The van der Waals surface area contributed by atoms with Gasteiger partial charge in [0.25, 0.3) is 0 Å². The Kier molecular flexibility index (Phi) is 2.87. The van der Waals surface area contributed by atoms with Crippen LogP contribution in [0.2, 0.25) is 0 Å². The molecule has 0 aromatic carbocycles. The van der Waals surface area contributed by atoms with Crippen LogP contribution in [0.25, 0.3) is 0 Å². The molecule has 84 valence electrons. The van der Waals surface area contributed by atoms with Crippen LogP contribution in [0.5, 0.6) is 0 Å². The van der Waals surface area contributed by atoms with E-state index in [1.54, 1.807) is 11.5 Å². The number of hydrogen-bond donors (Lipinski definition) is 0. The molecular formula is C15H25+. The Balaban J connectivity index is 2.23. The maximum Gasteiger partial charge on any atom is 0.106 e. The summed E-state index contributed by atoms with van der Waals surface area (Å²) in [5.74, 6) is 3.51. The van der Waals surface area contributed by atoms with E-state index in [1.807, 2.05) is 0 Å². The molecule has 0 heterocycles. The van der Waals surface area contributed by atoms with Gasteiger partial charge in [-0.05, 0) is 44.9 Å². The van der Waals surface area contributed by atoms with Crippen molar-refractivity contribution in [1.82, 2.24) is 0 Å². The Morgan fingerprint density at radius 3 is 2.60 bits per heavy atom. The van der Waals surface area contributed by atoms with E-state index in [0.29, 0.717) is 5.41 Å². The first-order valence-corrected chi connectivity index (χ1v) is 6.52. The van der Waals surface area contributed by atoms with Gasteiger partial charge < -0.3 is 0 Å². The van der Waals surface area contributed by atoms with Crippen LogP contribution in [0, 0.1) is 23.2 Å². The third kappa shape index (κ3) is 1.73. The predicted molar refractivity (Wildman–Crippen MR) is 66.5 cm³/mol. The first-order chi connectivity index (χ1) is 7.06. The normalized spacial score (nSPS) is 40.7. The van der Waals surface area contributed by atoms with Gasteiger partial charge in [-0.15, -0.1) is 0 Å². The summed E-state index contributed by atoms with van der Waals surface area (Å²) in [7, 11) is 0. The first-order valence-electron chi connectivity index (χ1n) is 6.52. The van der Waals surface area contributed by atoms with E-state index in [-0.39, 0.29) is 0 Å². The maximum absolute atomic E-state index is 2.52. The molecule has 15 heavy (non-hydrogen) atoms. The van der Waals surface area contributed by atoms with Crippen LogP contribution in [-0.2, 0) is 0 Å². The van der Waals surface area contributed by atoms with Crippen molar-refractivity contribution in [3.8, 4) is 0 Å². The standard InChI is InChI=1S/C15H25/c1-11(2)14-6-5-13(4)15(14)9-7-12(3)8-10-15/h7,13-14H,5-6,8-10H2,1-4H3/q+1/t13-,14?,15-/m0/s1. The monoisotopic (exact) mass is 205 g/mol. The molecule has 1 fully saturated rings. The maximum atomic E-state index is 2.52. The molecule has 0 bridgehead atoms. The van der Waals surface area contributed by atoms with Crippen LogP contribution in [0.3, 0.4) is 0 Å². The van der Waals surface area contributed by atoms with Crippen molar-refractivity contribution in [2.24, 2.45) is 17.3 Å². The Morgan fingerprint density at radius 2 is 2.07 bits per heavy atom. The van der Waals surface area contributed by atoms with Crippen molar-refractivity contribution in [2.45, 2.75) is 59.8 Å². The average Bonchev–Trinajstić information content (AvgIpc) is 2.50. The molecule has 3 atom stereocenters. The minimum atomic E-state index is 0.637. The molecule has 2 aliphatic rings. The van der Waals surface area contributed by atoms with Crippen LogP contribution in [0.15, 0.2) is 11.6 Å². The minimum absolute atomic E-state index is 0.637. The summed E-state index contributed by atoms with van der Waals surface area (Å²) in [6, 6.07) is 0. The molecule has 0 nitrogen and oxygen atoms in total. The van der Waals surface area contributed by atoms with Gasteiger partial charge in [0, 0.05) is 5.41 Å². The van der Waals surface area contributed by atoms with E-state index >= 15 is 0 Å². The van der Waals surface area contributed by atoms with E-state index < -0.39 is 0 Å². The van der Waals surface area contributed by atoms with Crippen LogP contribution >= 0.6 is 0 Å². The molecule has 0 aliphatic heterocycles. The predicted octanol–water partition coefficient (Wildman–Crippen LogP) is 4.76. The Bertz CT molecular complexity index is 261. The molecule has 0 aromatic heterocycles. The van der Waals surface area contributed by atoms with E-state index in [2.05, 4.69) is 33.8 Å². The van der Waals surface area contributed by atoms with Gasteiger partial charge in [-0.2, -0.15) is 0 Å². The molecule has 2 rings (SSSR count). The highest BCUT2D eigenvalue weighted by atomic mass is 14.5. The van der Waals surface area contributed by atoms with E-state index in [1.165, 1.54) is 32.1 Å². The van der Waals surface area contributed by atoms with E-state index in [0.717, 1.165) is 11.8 Å². The summed E-state index contributed by atoms with van der Waals surface area (Å²) >= 11 is 0. The van der Waals surface area contributed by atoms with Crippen molar-refractivity contribution in [3.05, 3.63) is 17.6 Å². The van der Waals surface area contributed by atoms with Crippen LogP contribution in [-0.4, -0.2) is 0 Å². The summed E-state index contributed by atoms with van der Waals surface area (Å²) in [6.45, 7) is 9.46. The lowest BCUT2D eigenvalue weighted by atomic mass is 9.62. The molecule has 0 aromatic rings. The van der Waals surface area contributed by atoms with Crippen LogP contribution in [0.4, 0.5) is 0 Å². The van der Waals surface area contributed by atoms with Gasteiger partial charge in [0.15, 0.2) is 0 Å². The van der Waals surface area contributed by atoms with Crippen molar-refractivity contribution in [2.75, 3.05) is 0 Å². The van der Waals surface area contributed by atoms with Gasteiger partial charge in [-0.3, -0.25) is 0 Å². The SMILES string of the molecule is CC1=CC[C@@]2(CC1)C([C+](C)C)CC[C@@H]2C. The van der Waals surface area contributed by atoms with Crippen molar-refractivity contribution < 1.29 is 0 Å². The number of hydrogen-bond acceptors (Lipinski definition) is 0.